The Labute approximate surface area is 148 Å². The molecule has 0 unspecified atom stereocenters. The second kappa shape index (κ2) is 7.92. The van der Waals surface area contributed by atoms with Crippen molar-refractivity contribution in [2.24, 2.45) is 0 Å². The topological polar surface area (TPSA) is 56.8 Å². The van der Waals surface area contributed by atoms with E-state index < -0.39 is 0 Å². The summed E-state index contributed by atoms with van der Waals surface area (Å²) in [4.78, 5) is 12.2. The van der Waals surface area contributed by atoms with Crippen molar-refractivity contribution >= 4 is 11.6 Å². The Morgan fingerprint density at radius 2 is 1.60 bits per heavy atom. The van der Waals surface area contributed by atoms with Gasteiger partial charge in [-0.1, -0.05) is 26.8 Å². The number of hydrogen-bond donors (Lipinski definition) is 1. The molecule has 0 aromatic heterocycles. The maximum atomic E-state index is 12.2. The summed E-state index contributed by atoms with van der Waals surface area (Å²) in [5.74, 6) is 1.71. The van der Waals surface area contributed by atoms with Crippen molar-refractivity contribution in [3.05, 3.63) is 48.0 Å². The maximum Gasteiger partial charge on any atom is 0.262 e. The van der Waals surface area contributed by atoms with Crippen LogP contribution >= 0.6 is 0 Å². The molecular formula is C20H25NO4. The summed E-state index contributed by atoms with van der Waals surface area (Å²) in [6.45, 7) is 6.27. The van der Waals surface area contributed by atoms with E-state index in [2.05, 4.69) is 26.1 Å². The number of ether oxygens (including phenoxy) is 3. The third kappa shape index (κ3) is 5.14. The van der Waals surface area contributed by atoms with Crippen LogP contribution in [0.4, 0.5) is 5.69 Å². The van der Waals surface area contributed by atoms with E-state index in [1.165, 1.54) is 0 Å². The Hall–Kier alpha value is -2.69. The highest BCUT2D eigenvalue weighted by atomic mass is 16.5. The molecule has 0 radical (unpaired) electrons. The van der Waals surface area contributed by atoms with E-state index >= 15 is 0 Å². The van der Waals surface area contributed by atoms with E-state index in [0.29, 0.717) is 17.2 Å². The van der Waals surface area contributed by atoms with Gasteiger partial charge in [0, 0.05) is 0 Å². The number of carbonyl (C=O) groups is 1. The van der Waals surface area contributed by atoms with Gasteiger partial charge in [0.1, 0.15) is 17.2 Å². The van der Waals surface area contributed by atoms with Gasteiger partial charge in [-0.15, -0.1) is 0 Å². The van der Waals surface area contributed by atoms with Crippen molar-refractivity contribution in [2.75, 3.05) is 26.1 Å². The SMILES string of the molecule is COc1ccc(OCC(=O)Nc2cc(C(C)(C)C)ccc2OC)cc1. The first kappa shape index (κ1) is 18.6. The highest BCUT2D eigenvalue weighted by Crippen LogP contribution is 2.31. The standard InChI is InChI=1S/C20H25NO4/c1-20(2,3)14-6-11-18(24-5)17(12-14)21-19(22)13-25-16-9-7-15(23-4)8-10-16/h6-12H,13H2,1-5H3,(H,21,22). The lowest BCUT2D eigenvalue weighted by Crippen LogP contribution is -2.21. The first-order chi connectivity index (χ1) is 11.8. The zero-order valence-corrected chi connectivity index (χ0v) is 15.4. The number of nitrogens with one attached hydrogen (secondary N) is 1. The third-order valence-corrected chi connectivity index (χ3v) is 3.77. The van der Waals surface area contributed by atoms with Gasteiger partial charge >= 0.3 is 0 Å². The molecular weight excluding hydrogens is 318 g/mol. The van der Waals surface area contributed by atoms with Gasteiger partial charge in [0.25, 0.3) is 5.91 Å². The number of hydrogen-bond acceptors (Lipinski definition) is 4. The van der Waals surface area contributed by atoms with E-state index in [-0.39, 0.29) is 17.9 Å². The molecule has 1 N–H and O–H groups in total. The van der Waals surface area contributed by atoms with Crippen molar-refractivity contribution in [2.45, 2.75) is 26.2 Å². The van der Waals surface area contributed by atoms with E-state index in [1.807, 2.05) is 18.2 Å². The summed E-state index contributed by atoms with van der Waals surface area (Å²) in [5.41, 5.74) is 1.73. The molecule has 0 saturated carbocycles. The first-order valence-corrected chi connectivity index (χ1v) is 8.08. The van der Waals surface area contributed by atoms with Crippen LogP contribution in [0, 0.1) is 0 Å². The van der Waals surface area contributed by atoms with E-state index in [0.717, 1.165) is 11.3 Å². The van der Waals surface area contributed by atoms with Crippen molar-refractivity contribution < 1.29 is 19.0 Å². The molecule has 0 saturated heterocycles. The molecule has 5 nitrogen and oxygen atoms in total. The maximum absolute atomic E-state index is 12.2. The number of rotatable bonds is 6. The summed E-state index contributed by atoms with van der Waals surface area (Å²) < 4.78 is 15.9. The van der Waals surface area contributed by atoms with Gasteiger partial charge in [-0.2, -0.15) is 0 Å². The number of anilines is 1. The number of amides is 1. The molecule has 0 heterocycles. The van der Waals surface area contributed by atoms with Crippen molar-refractivity contribution in [1.29, 1.82) is 0 Å². The summed E-state index contributed by atoms with van der Waals surface area (Å²) in [5, 5.41) is 2.85. The zero-order chi connectivity index (χ0) is 18.4. The van der Waals surface area contributed by atoms with Crippen LogP contribution in [0.15, 0.2) is 42.5 Å². The molecule has 0 fully saturated rings. The Morgan fingerprint density at radius 3 is 2.16 bits per heavy atom. The molecule has 2 aromatic rings. The van der Waals surface area contributed by atoms with Crippen molar-refractivity contribution in [1.82, 2.24) is 0 Å². The fourth-order valence-corrected chi connectivity index (χ4v) is 2.28. The van der Waals surface area contributed by atoms with Gasteiger partial charge in [0.05, 0.1) is 19.9 Å². The third-order valence-electron chi connectivity index (χ3n) is 3.77. The minimum absolute atomic E-state index is 0.0225. The van der Waals surface area contributed by atoms with E-state index in [1.54, 1.807) is 38.5 Å². The number of methoxy groups -OCH3 is 2. The molecule has 25 heavy (non-hydrogen) atoms. The van der Waals surface area contributed by atoms with Crippen molar-refractivity contribution in [3.8, 4) is 17.2 Å². The van der Waals surface area contributed by atoms with Crippen LogP contribution in [0.3, 0.4) is 0 Å². The van der Waals surface area contributed by atoms with E-state index in [9.17, 15) is 4.79 Å². The Kier molecular flexibility index (Phi) is 5.91. The molecule has 0 atom stereocenters. The molecule has 0 aliphatic carbocycles. The molecule has 2 rings (SSSR count). The van der Waals surface area contributed by atoms with Gasteiger partial charge in [-0.3, -0.25) is 4.79 Å². The van der Waals surface area contributed by atoms with Crippen LogP contribution in [0.5, 0.6) is 17.2 Å². The highest BCUT2D eigenvalue weighted by molar-refractivity contribution is 5.93. The summed E-state index contributed by atoms with van der Waals surface area (Å²) >= 11 is 0. The summed E-state index contributed by atoms with van der Waals surface area (Å²) in [6, 6.07) is 12.9. The fourth-order valence-electron chi connectivity index (χ4n) is 2.28. The zero-order valence-electron chi connectivity index (χ0n) is 15.4. The molecule has 0 bridgehead atoms. The molecule has 1 amide bonds. The summed E-state index contributed by atoms with van der Waals surface area (Å²) in [7, 11) is 3.18. The van der Waals surface area contributed by atoms with Gasteiger partial charge < -0.3 is 19.5 Å². The largest absolute Gasteiger partial charge is 0.497 e. The lowest BCUT2D eigenvalue weighted by molar-refractivity contribution is -0.118. The van der Waals surface area contributed by atoms with Gasteiger partial charge in [0.2, 0.25) is 0 Å². The smallest absolute Gasteiger partial charge is 0.262 e. The quantitative estimate of drug-likeness (QED) is 0.861. The van der Waals surface area contributed by atoms with Gasteiger partial charge in [0.15, 0.2) is 6.61 Å². The van der Waals surface area contributed by atoms with Crippen molar-refractivity contribution in [3.63, 3.8) is 0 Å². The van der Waals surface area contributed by atoms with E-state index in [4.69, 9.17) is 14.2 Å². The minimum Gasteiger partial charge on any atom is -0.497 e. The average Bonchev–Trinajstić information content (AvgIpc) is 2.59. The van der Waals surface area contributed by atoms with Crippen LogP contribution in [-0.2, 0) is 10.2 Å². The lowest BCUT2D eigenvalue weighted by Gasteiger charge is -2.21. The average molecular weight is 343 g/mol. The second-order valence-electron chi connectivity index (χ2n) is 6.68. The molecule has 0 aliphatic heterocycles. The van der Waals surface area contributed by atoms with Gasteiger partial charge in [-0.25, -0.2) is 0 Å². The first-order valence-electron chi connectivity index (χ1n) is 8.08. The molecule has 0 spiro atoms. The second-order valence-corrected chi connectivity index (χ2v) is 6.68. The molecule has 5 heteroatoms. The Morgan fingerprint density at radius 1 is 0.960 bits per heavy atom. The highest BCUT2D eigenvalue weighted by Gasteiger charge is 2.17. The normalized spacial score (nSPS) is 10.9. The molecule has 134 valence electrons. The van der Waals surface area contributed by atoms with Gasteiger partial charge in [-0.05, 0) is 47.4 Å². The Bertz CT molecular complexity index is 717. The van der Waals surface area contributed by atoms with Crippen LogP contribution in [0.2, 0.25) is 0 Å². The fraction of sp³-hybridized carbons (Fsp3) is 0.350. The monoisotopic (exact) mass is 343 g/mol. The van der Waals surface area contributed by atoms with Crippen LogP contribution in [0.25, 0.3) is 0 Å². The molecule has 2 aromatic carbocycles. The van der Waals surface area contributed by atoms with Crippen LogP contribution < -0.4 is 19.5 Å². The Balaban J connectivity index is 2.03. The minimum atomic E-state index is -0.250. The summed E-state index contributed by atoms with van der Waals surface area (Å²) in [6.07, 6.45) is 0. The number of carbonyl (C=O) groups excluding carboxylic acids is 1. The lowest BCUT2D eigenvalue weighted by atomic mass is 9.87. The predicted molar refractivity (Wildman–Crippen MR) is 98.8 cm³/mol. The van der Waals surface area contributed by atoms with Crippen LogP contribution in [-0.4, -0.2) is 26.7 Å². The predicted octanol–water partition coefficient (Wildman–Crippen LogP) is 4.02. The number of benzene rings is 2. The molecule has 0 aliphatic rings. The van der Waals surface area contributed by atoms with Crippen LogP contribution in [0.1, 0.15) is 26.3 Å².